The van der Waals surface area contributed by atoms with Crippen LogP contribution in [0.2, 0.25) is 0 Å². The predicted octanol–water partition coefficient (Wildman–Crippen LogP) is 0.611. The van der Waals surface area contributed by atoms with Crippen molar-refractivity contribution in [1.29, 1.82) is 0 Å². The molecule has 0 bridgehead atoms. The molecule has 1 unspecified atom stereocenters. The van der Waals surface area contributed by atoms with Crippen LogP contribution < -0.4 is 5.32 Å². The Balaban J connectivity index is 2.33. The molecule has 1 aromatic rings. The van der Waals surface area contributed by atoms with Crippen molar-refractivity contribution in [2.24, 2.45) is 0 Å². The van der Waals surface area contributed by atoms with Crippen LogP contribution in [0.5, 0.6) is 0 Å². The van der Waals surface area contributed by atoms with Crippen LogP contribution in [0.15, 0.2) is 24.4 Å². The van der Waals surface area contributed by atoms with E-state index in [9.17, 15) is 5.11 Å². The molecule has 0 spiro atoms. The molecule has 4 nitrogen and oxygen atoms in total. The highest BCUT2D eigenvalue weighted by Crippen LogP contribution is 2.09. The first-order chi connectivity index (χ1) is 7.64. The molecule has 0 saturated carbocycles. The van der Waals surface area contributed by atoms with Gasteiger partial charge in [0.15, 0.2) is 0 Å². The van der Waals surface area contributed by atoms with Gasteiger partial charge in [-0.15, -0.1) is 0 Å². The average Bonchev–Trinajstić information content (AvgIpc) is 2.25. The smallest absolute Gasteiger partial charge is 0.0798 e. The van der Waals surface area contributed by atoms with Gasteiger partial charge in [-0.2, -0.15) is 0 Å². The SMILES string of the molecule is COCCNCC(C)(O)Cc1ccccn1. The Kier molecular flexibility index (Phi) is 5.38. The first-order valence-electron chi connectivity index (χ1n) is 5.46. The standard InChI is InChI=1S/C12H20N2O2/c1-12(15,10-13-7-8-16-2)9-11-5-3-4-6-14-11/h3-6,13,15H,7-10H2,1-2H3. The molecular formula is C12H20N2O2. The van der Waals surface area contributed by atoms with Gasteiger partial charge in [-0.25, -0.2) is 0 Å². The van der Waals surface area contributed by atoms with Crippen LogP contribution >= 0.6 is 0 Å². The van der Waals surface area contributed by atoms with Crippen LogP contribution in [-0.2, 0) is 11.2 Å². The lowest BCUT2D eigenvalue weighted by molar-refractivity contribution is 0.0572. The quantitative estimate of drug-likeness (QED) is 0.666. The summed E-state index contributed by atoms with van der Waals surface area (Å²) < 4.78 is 4.92. The van der Waals surface area contributed by atoms with Crippen LogP contribution in [-0.4, -0.2) is 42.5 Å². The fourth-order valence-electron chi connectivity index (χ4n) is 1.49. The number of methoxy groups -OCH3 is 1. The lowest BCUT2D eigenvalue weighted by atomic mass is 10.00. The maximum absolute atomic E-state index is 10.1. The highest BCUT2D eigenvalue weighted by Gasteiger charge is 2.20. The van der Waals surface area contributed by atoms with E-state index < -0.39 is 5.60 Å². The minimum absolute atomic E-state index is 0.535. The number of hydrogen-bond donors (Lipinski definition) is 2. The monoisotopic (exact) mass is 224 g/mol. The minimum atomic E-state index is -0.776. The summed E-state index contributed by atoms with van der Waals surface area (Å²) in [6.45, 7) is 3.74. The summed E-state index contributed by atoms with van der Waals surface area (Å²) in [5.74, 6) is 0. The number of aromatic nitrogens is 1. The van der Waals surface area contributed by atoms with Gasteiger partial charge in [-0.05, 0) is 19.1 Å². The molecule has 0 aromatic carbocycles. The molecule has 90 valence electrons. The Morgan fingerprint density at radius 2 is 2.31 bits per heavy atom. The lowest BCUT2D eigenvalue weighted by Crippen LogP contribution is -2.40. The number of hydrogen-bond acceptors (Lipinski definition) is 4. The summed E-state index contributed by atoms with van der Waals surface area (Å²) in [4.78, 5) is 4.20. The van der Waals surface area contributed by atoms with Gasteiger partial charge >= 0.3 is 0 Å². The van der Waals surface area contributed by atoms with E-state index in [0.717, 1.165) is 12.2 Å². The van der Waals surface area contributed by atoms with Crippen molar-refractivity contribution in [2.45, 2.75) is 18.9 Å². The zero-order valence-corrected chi connectivity index (χ0v) is 9.94. The highest BCUT2D eigenvalue weighted by molar-refractivity contribution is 5.06. The van der Waals surface area contributed by atoms with Crippen molar-refractivity contribution in [3.63, 3.8) is 0 Å². The number of rotatable bonds is 7. The molecular weight excluding hydrogens is 204 g/mol. The van der Waals surface area contributed by atoms with Gasteiger partial charge in [-0.1, -0.05) is 6.07 Å². The van der Waals surface area contributed by atoms with Crippen LogP contribution in [0.1, 0.15) is 12.6 Å². The van der Waals surface area contributed by atoms with E-state index in [1.54, 1.807) is 13.3 Å². The Labute approximate surface area is 96.7 Å². The second-order valence-corrected chi connectivity index (χ2v) is 4.16. The average molecular weight is 224 g/mol. The van der Waals surface area contributed by atoms with Gasteiger partial charge in [0.2, 0.25) is 0 Å². The Bertz CT molecular complexity index is 288. The van der Waals surface area contributed by atoms with Crippen molar-refractivity contribution < 1.29 is 9.84 Å². The number of ether oxygens (including phenoxy) is 1. The summed E-state index contributed by atoms with van der Waals surface area (Å²) in [7, 11) is 1.66. The third-order valence-corrected chi connectivity index (χ3v) is 2.28. The molecule has 1 atom stereocenters. The Morgan fingerprint density at radius 3 is 2.94 bits per heavy atom. The fraction of sp³-hybridized carbons (Fsp3) is 0.583. The van der Waals surface area contributed by atoms with Crippen LogP contribution in [0.25, 0.3) is 0 Å². The minimum Gasteiger partial charge on any atom is -0.388 e. The summed E-state index contributed by atoms with van der Waals surface area (Å²) in [6, 6.07) is 5.72. The van der Waals surface area contributed by atoms with Crippen molar-refractivity contribution in [3.8, 4) is 0 Å². The largest absolute Gasteiger partial charge is 0.388 e. The maximum Gasteiger partial charge on any atom is 0.0798 e. The Hall–Kier alpha value is -0.970. The molecule has 0 saturated heterocycles. The summed E-state index contributed by atoms with van der Waals surface area (Å²) in [5.41, 5.74) is 0.128. The van der Waals surface area contributed by atoms with Gasteiger partial charge in [0.05, 0.1) is 12.2 Å². The maximum atomic E-state index is 10.1. The summed E-state index contributed by atoms with van der Waals surface area (Å²) in [6.07, 6.45) is 2.29. The highest BCUT2D eigenvalue weighted by atomic mass is 16.5. The zero-order valence-electron chi connectivity index (χ0n) is 9.94. The van der Waals surface area contributed by atoms with Gasteiger partial charge in [0.25, 0.3) is 0 Å². The van der Waals surface area contributed by atoms with Gasteiger partial charge in [-0.3, -0.25) is 4.98 Å². The molecule has 0 aliphatic heterocycles. The van der Waals surface area contributed by atoms with Gasteiger partial charge in [0.1, 0.15) is 0 Å². The van der Waals surface area contributed by atoms with E-state index in [2.05, 4.69) is 10.3 Å². The Morgan fingerprint density at radius 1 is 1.50 bits per heavy atom. The third kappa shape index (κ3) is 5.21. The zero-order chi connectivity index (χ0) is 11.9. The summed E-state index contributed by atoms with van der Waals surface area (Å²) >= 11 is 0. The van der Waals surface area contributed by atoms with Crippen molar-refractivity contribution in [1.82, 2.24) is 10.3 Å². The molecule has 0 fully saturated rings. The molecule has 16 heavy (non-hydrogen) atoms. The second-order valence-electron chi connectivity index (χ2n) is 4.16. The number of nitrogens with zero attached hydrogens (tertiary/aromatic N) is 1. The van der Waals surface area contributed by atoms with Crippen molar-refractivity contribution >= 4 is 0 Å². The molecule has 0 amide bonds. The van der Waals surface area contributed by atoms with E-state index in [1.165, 1.54) is 0 Å². The summed E-state index contributed by atoms with van der Waals surface area (Å²) in [5, 5.41) is 13.3. The van der Waals surface area contributed by atoms with Crippen molar-refractivity contribution in [3.05, 3.63) is 30.1 Å². The molecule has 0 aliphatic rings. The van der Waals surface area contributed by atoms with Crippen LogP contribution in [0.4, 0.5) is 0 Å². The van der Waals surface area contributed by atoms with E-state index in [0.29, 0.717) is 19.6 Å². The molecule has 0 radical (unpaired) electrons. The van der Waals surface area contributed by atoms with Gasteiger partial charge < -0.3 is 15.2 Å². The topological polar surface area (TPSA) is 54.4 Å². The number of pyridine rings is 1. The predicted molar refractivity (Wildman–Crippen MR) is 63.3 cm³/mol. The fourth-order valence-corrected chi connectivity index (χ4v) is 1.49. The van der Waals surface area contributed by atoms with E-state index in [1.807, 2.05) is 25.1 Å². The second kappa shape index (κ2) is 6.58. The van der Waals surface area contributed by atoms with E-state index >= 15 is 0 Å². The first-order valence-corrected chi connectivity index (χ1v) is 5.46. The van der Waals surface area contributed by atoms with Gasteiger partial charge in [0, 0.05) is 38.5 Å². The van der Waals surface area contributed by atoms with Crippen LogP contribution in [0.3, 0.4) is 0 Å². The van der Waals surface area contributed by atoms with Crippen LogP contribution in [0, 0.1) is 0 Å². The molecule has 1 heterocycles. The van der Waals surface area contributed by atoms with E-state index in [4.69, 9.17) is 4.74 Å². The molecule has 1 aromatic heterocycles. The third-order valence-electron chi connectivity index (χ3n) is 2.28. The van der Waals surface area contributed by atoms with Crippen molar-refractivity contribution in [2.75, 3.05) is 26.8 Å². The molecule has 1 rings (SSSR count). The number of aliphatic hydroxyl groups is 1. The lowest BCUT2D eigenvalue weighted by Gasteiger charge is -2.23. The molecule has 0 aliphatic carbocycles. The molecule has 2 N–H and O–H groups in total. The van der Waals surface area contributed by atoms with E-state index in [-0.39, 0.29) is 0 Å². The molecule has 4 heteroatoms. The first kappa shape index (κ1) is 13.1. The number of nitrogens with one attached hydrogen (secondary N) is 1. The normalized spacial score (nSPS) is 14.7.